The molecular formula is C16H28ClIN4. The van der Waals surface area contributed by atoms with Crippen LogP contribution < -0.4 is 10.6 Å². The largest absolute Gasteiger partial charge is 0.354 e. The third-order valence-corrected chi connectivity index (χ3v) is 3.41. The van der Waals surface area contributed by atoms with Crippen LogP contribution in [0.15, 0.2) is 23.3 Å². The Morgan fingerprint density at radius 3 is 2.55 bits per heavy atom. The van der Waals surface area contributed by atoms with Gasteiger partial charge in [-0.15, -0.1) is 24.0 Å². The Balaban J connectivity index is 0.00000441. The van der Waals surface area contributed by atoms with Crippen LogP contribution in [0.25, 0.3) is 0 Å². The highest BCUT2D eigenvalue weighted by Gasteiger charge is 2.13. The summed E-state index contributed by atoms with van der Waals surface area (Å²) in [5, 5.41) is 7.21. The summed E-state index contributed by atoms with van der Waals surface area (Å²) >= 11 is 5.77. The minimum Gasteiger partial charge on any atom is -0.354 e. The third-order valence-electron chi connectivity index (χ3n) is 3.18. The highest BCUT2D eigenvalue weighted by atomic mass is 127. The third kappa shape index (κ3) is 9.46. The molecule has 0 amide bonds. The van der Waals surface area contributed by atoms with Gasteiger partial charge in [0.2, 0.25) is 0 Å². The van der Waals surface area contributed by atoms with Crippen LogP contribution >= 0.6 is 35.6 Å². The molecule has 1 aromatic heterocycles. The molecule has 1 heterocycles. The van der Waals surface area contributed by atoms with Crippen LogP contribution in [0.3, 0.4) is 0 Å². The first-order chi connectivity index (χ1) is 9.80. The van der Waals surface area contributed by atoms with Crippen molar-refractivity contribution in [3.8, 4) is 0 Å². The van der Waals surface area contributed by atoms with Gasteiger partial charge in [0.15, 0.2) is 5.96 Å². The van der Waals surface area contributed by atoms with Crippen LogP contribution in [0.4, 0.5) is 0 Å². The highest BCUT2D eigenvalue weighted by Crippen LogP contribution is 2.21. The van der Waals surface area contributed by atoms with Gasteiger partial charge in [0.05, 0.1) is 0 Å². The van der Waals surface area contributed by atoms with Crippen LogP contribution in [0, 0.1) is 5.41 Å². The molecule has 0 bridgehead atoms. The van der Waals surface area contributed by atoms with E-state index in [-0.39, 0.29) is 24.0 Å². The zero-order valence-electron chi connectivity index (χ0n) is 14.1. The second kappa shape index (κ2) is 10.3. The summed E-state index contributed by atoms with van der Waals surface area (Å²) < 4.78 is 0. The van der Waals surface area contributed by atoms with Crippen molar-refractivity contribution in [2.45, 2.75) is 53.1 Å². The van der Waals surface area contributed by atoms with E-state index in [0.29, 0.717) is 23.2 Å². The molecule has 0 aliphatic heterocycles. The standard InChI is InChI=1S/C16H27ClN4.HI/c1-12(8-9-16(2,3)4)21-15(18-5)20-11-13-6-7-14(17)19-10-13;/h6-7,10,12H,8-9,11H2,1-5H3,(H2,18,20,21);1H. The molecule has 0 aromatic carbocycles. The maximum Gasteiger partial charge on any atom is 0.191 e. The summed E-state index contributed by atoms with van der Waals surface area (Å²) in [7, 11) is 1.78. The number of aromatic nitrogens is 1. The number of rotatable bonds is 5. The predicted octanol–water partition coefficient (Wildman–Crippen LogP) is 4.23. The lowest BCUT2D eigenvalue weighted by Crippen LogP contribution is -2.42. The molecule has 0 fully saturated rings. The van der Waals surface area contributed by atoms with E-state index in [1.807, 2.05) is 6.07 Å². The van der Waals surface area contributed by atoms with Crippen molar-refractivity contribution in [3.63, 3.8) is 0 Å². The number of hydrogen-bond acceptors (Lipinski definition) is 2. The van der Waals surface area contributed by atoms with Gasteiger partial charge in [-0.25, -0.2) is 4.98 Å². The van der Waals surface area contributed by atoms with E-state index in [9.17, 15) is 0 Å². The van der Waals surface area contributed by atoms with E-state index in [0.717, 1.165) is 17.9 Å². The Morgan fingerprint density at radius 2 is 2.05 bits per heavy atom. The molecule has 0 saturated carbocycles. The lowest BCUT2D eigenvalue weighted by atomic mass is 9.89. The highest BCUT2D eigenvalue weighted by molar-refractivity contribution is 14.0. The average molecular weight is 439 g/mol. The van der Waals surface area contributed by atoms with E-state index >= 15 is 0 Å². The van der Waals surface area contributed by atoms with Gasteiger partial charge in [0, 0.05) is 25.8 Å². The molecule has 0 aliphatic rings. The second-order valence-corrected chi connectivity index (χ2v) is 6.95. The van der Waals surface area contributed by atoms with E-state index in [1.165, 1.54) is 6.42 Å². The summed E-state index contributed by atoms with van der Waals surface area (Å²) in [5.74, 6) is 0.811. The smallest absolute Gasteiger partial charge is 0.191 e. The molecule has 1 aromatic rings. The fourth-order valence-electron chi connectivity index (χ4n) is 1.85. The maximum absolute atomic E-state index is 5.77. The molecule has 0 radical (unpaired) electrons. The minimum atomic E-state index is 0. The van der Waals surface area contributed by atoms with Gasteiger partial charge < -0.3 is 10.6 Å². The molecule has 0 spiro atoms. The number of halogens is 2. The molecule has 1 atom stereocenters. The monoisotopic (exact) mass is 438 g/mol. The van der Waals surface area contributed by atoms with Crippen LogP contribution in [0.2, 0.25) is 5.15 Å². The van der Waals surface area contributed by atoms with E-state index in [2.05, 4.69) is 48.3 Å². The van der Waals surface area contributed by atoms with Gasteiger partial charge in [-0.2, -0.15) is 0 Å². The van der Waals surface area contributed by atoms with Gasteiger partial charge in [-0.05, 0) is 36.8 Å². The number of nitrogens with zero attached hydrogens (tertiary/aromatic N) is 2. The zero-order valence-corrected chi connectivity index (χ0v) is 17.2. The minimum absolute atomic E-state index is 0. The van der Waals surface area contributed by atoms with Gasteiger partial charge in [-0.3, -0.25) is 4.99 Å². The van der Waals surface area contributed by atoms with Crippen molar-refractivity contribution in [1.82, 2.24) is 15.6 Å². The summed E-state index contributed by atoms with van der Waals surface area (Å²) in [6, 6.07) is 4.14. The topological polar surface area (TPSA) is 49.3 Å². The Hall–Kier alpha value is -0.560. The first kappa shape index (κ1) is 21.4. The molecule has 126 valence electrons. The number of aliphatic imine (C=N–C) groups is 1. The van der Waals surface area contributed by atoms with Crippen LogP contribution in [-0.2, 0) is 6.54 Å². The molecule has 0 saturated heterocycles. The number of guanidine groups is 1. The number of hydrogen-bond donors (Lipinski definition) is 2. The van der Waals surface area contributed by atoms with Crippen molar-refractivity contribution >= 4 is 41.5 Å². The van der Waals surface area contributed by atoms with Crippen molar-refractivity contribution in [1.29, 1.82) is 0 Å². The molecule has 2 N–H and O–H groups in total. The van der Waals surface area contributed by atoms with Gasteiger partial charge >= 0.3 is 0 Å². The fraction of sp³-hybridized carbons (Fsp3) is 0.625. The predicted molar refractivity (Wildman–Crippen MR) is 106 cm³/mol. The van der Waals surface area contributed by atoms with Crippen LogP contribution in [-0.4, -0.2) is 24.0 Å². The summed E-state index contributed by atoms with van der Waals surface area (Å²) in [6.07, 6.45) is 4.07. The van der Waals surface area contributed by atoms with Crippen molar-refractivity contribution in [3.05, 3.63) is 29.0 Å². The SMILES string of the molecule is CN=C(NCc1ccc(Cl)nc1)NC(C)CCC(C)(C)C.I. The van der Waals surface area contributed by atoms with Gasteiger partial charge in [0.1, 0.15) is 5.15 Å². The average Bonchev–Trinajstić information content (AvgIpc) is 2.42. The molecule has 1 rings (SSSR count). The van der Waals surface area contributed by atoms with Gasteiger partial charge in [-0.1, -0.05) is 38.4 Å². The number of nitrogens with one attached hydrogen (secondary N) is 2. The van der Waals surface area contributed by atoms with Crippen molar-refractivity contribution in [2.75, 3.05) is 7.05 Å². The van der Waals surface area contributed by atoms with Crippen molar-refractivity contribution < 1.29 is 0 Å². The summed E-state index contributed by atoms with van der Waals surface area (Å²) in [4.78, 5) is 8.32. The molecule has 1 unspecified atom stereocenters. The quantitative estimate of drug-likeness (QED) is 0.313. The van der Waals surface area contributed by atoms with Crippen LogP contribution in [0.1, 0.15) is 46.1 Å². The van der Waals surface area contributed by atoms with Crippen LogP contribution in [0.5, 0.6) is 0 Å². The van der Waals surface area contributed by atoms with E-state index in [4.69, 9.17) is 11.6 Å². The van der Waals surface area contributed by atoms with E-state index in [1.54, 1.807) is 19.3 Å². The maximum atomic E-state index is 5.77. The molecule has 4 nitrogen and oxygen atoms in total. The molecule has 6 heteroatoms. The Morgan fingerprint density at radius 1 is 1.36 bits per heavy atom. The first-order valence-corrected chi connectivity index (χ1v) is 7.75. The molecule has 0 aliphatic carbocycles. The second-order valence-electron chi connectivity index (χ2n) is 6.56. The Bertz CT molecular complexity index is 454. The Labute approximate surface area is 156 Å². The zero-order chi connectivity index (χ0) is 15.9. The van der Waals surface area contributed by atoms with Gasteiger partial charge in [0.25, 0.3) is 0 Å². The Kier molecular flexibility index (Phi) is 10.00. The lowest BCUT2D eigenvalue weighted by molar-refractivity contribution is 0.346. The van der Waals surface area contributed by atoms with Crippen molar-refractivity contribution in [2.24, 2.45) is 10.4 Å². The first-order valence-electron chi connectivity index (χ1n) is 7.38. The fourth-order valence-corrected chi connectivity index (χ4v) is 1.96. The summed E-state index contributed by atoms with van der Waals surface area (Å²) in [5.41, 5.74) is 1.44. The van der Waals surface area contributed by atoms with E-state index < -0.39 is 0 Å². The lowest BCUT2D eigenvalue weighted by Gasteiger charge is -2.23. The molecular weight excluding hydrogens is 411 g/mol. The number of pyridine rings is 1. The normalized spacial score (nSPS) is 13.3. The summed E-state index contributed by atoms with van der Waals surface area (Å²) in [6.45, 7) is 9.65. The molecule has 22 heavy (non-hydrogen) atoms.